The van der Waals surface area contributed by atoms with Gasteiger partial charge in [-0.3, -0.25) is 29.1 Å². The lowest BCUT2D eigenvalue weighted by Gasteiger charge is -2.16. The second-order valence-corrected chi connectivity index (χ2v) is 6.26. The van der Waals surface area contributed by atoms with Crippen molar-refractivity contribution in [2.75, 3.05) is 6.54 Å². The number of aromatic nitrogens is 2. The smallest absolute Gasteiger partial charge is 0.274 e. The minimum atomic E-state index is -1.30. The van der Waals surface area contributed by atoms with Crippen LogP contribution in [0.2, 0.25) is 0 Å². The van der Waals surface area contributed by atoms with Crippen molar-refractivity contribution in [2.45, 2.75) is 6.42 Å². The molecular formula is C15H12FN3O5. The first-order valence-corrected chi connectivity index (χ1v) is 7.46. The number of halogens is 1. The number of amides is 2. The van der Waals surface area contributed by atoms with E-state index in [1.165, 1.54) is 0 Å². The van der Waals surface area contributed by atoms with Crippen LogP contribution in [-0.2, 0) is 9.59 Å². The van der Waals surface area contributed by atoms with E-state index >= 15 is 0 Å². The minimum absolute atomic E-state index is 0.00444. The number of likely N-dealkylation sites (tertiary alicyclic amines) is 1. The summed E-state index contributed by atoms with van der Waals surface area (Å²) in [4.78, 5) is 62.2. The average molecular weight is 333 g/mol. The van der Waals surface area contributed by atoms with Crippen molar-refractivity contribution in [3.63, 3.8) is 0 Å². The van der Waals surface area contributed by atoms with Gasteiger partial charge >= 0.3 is 5.69 Å². The van der Waals surface area contributed by atoms with Gasteiger partial charge in [0, 0.05) is 0 Å². The van der Waals surface area contributed by atoms with Gasteiger partial charge in [0.25, 0.3) is 11.5 Å². The second-order valence-electron chi connectivity index (χ2n) is 6.26. The summed E-state index contributed by atoms with van der Waals surface area (Å²) in [6, 6.07) is 0. The fraction of sp³-hybridized carbons (Fsp3) is 0.400. The Bertz CT molecular complexity index is 900. The molecule has 4 unspecified atom stereocenters. The molecule has 2 heterocycles. The van der Waals surface area contributed by atoms with Gasteiger partial charge in [-0.05, 0) is 18.3 Å². The Labute approximate surface area is 133 Å². The third kappa shape index (κ3) is 1.87. The number of carbonyl (C=O) groups excluding carboxylic acids is 3. The second kappa shape index (κ2) is 4.83. The van der Waals surface area contributed by atoms with Crippen LogP contribution in [0.1, 0.15) is 11.2 Å². The molecule has 24 heavy (non-hydrogen) atoms. The average Bonchev–Trinajstić information content (AvgIpc) is 3.20. The fourth-order valence-corrected chi connectivity index (χ4v) is 3.96. The van der Waals surface area contributed by atoms with Crippen molar-refractivity contribution < 1.29 is 18.8 Å². The van der Waals surface area contributed by atoms with Crippen molar-refractivity contribution in [3.05, 3.63) is 45.0 Å². The SMILES string of the molecule is O=C1C2C3C=CC(C3)C2C(=O)N1CC(=O)n1cc(F)c(=O)[nH]c1=O. The van der Waals surface area contributed by atoms with Gasteiger partial charge in [-0.2, -0.15) is 4.39 Å². The van der Waals surface area contributed by atoms with E-state index in [1.807, 2.05) is 12.2 Å². The van der Waals surface area contributed by atoms with E-state index in [0.29, 0.717) is 10.8 Å². The van der Waals surface area contributed by atoms with E-state index in [9.17, 15) is 28.4 Å². The number of hydrogen-bond donors (Lipinski definition) is 1. The lowest BCUT2D eigenvalue weighted by molar-refractivity contribution is -0.140. The van der Waals surface area contributed by atoms with Crippen molar-refractivity contribution in [1.82, 2.24) is 14.5 Å². The maximum absolute atomic E-state index is 13.3. The first kappa shape index (κ1) is 14.7. The van der Waals surface area contributed by atoms with Crippen LogP contribution < -0.4 is 11.2 Å². The van der Waals surface area contributed by atoms with Crippen molar-refractivity contribution in [2.24, 2.45) is 23.7 Å². The lowest BCUT2D eigenvalue weighted by atomic mass is 9.85. The van der Waals surface area contributed by atoms with Gasteiger partial charge in [0.1, 0.15) is 6.54 Å². The molecule has 1 saturated heterocycles. The van der Waals surface area contributed by atoms with Crippen LogP contribution in [0.4, 0.5) is 4.39 Å². The first-order valence-electron chi connectivity index (χ1n) is 7.46. The number of fused-ring (bicyclic) bond motifs is 5. The number of nitrogens with zero attached hydrogens (tertiary/aromatic N) is 2. The number of allylic oxidation sites excluding steroid dienone is 2. The Morgan fingerprint density at radius 1 is 1.12 bits per heavy atom. The Hall–Kier alpha value is -2.84. The number of aromatic amines is 1. The van der Waals surface area contributed by atoms with Crippen LogP contribution in [0, 0.1) is 29.5 Å². The van der Waals surface area contributed by atoms with Crippen LogP contribution in [0.3, 0.4) is 0 Å². The summed E-state index contributed by atoms with van der Waals surface area (Å²) in [7, 11) is 0. The highest BCUT2D eigenvalue weighted by molar-refractivity contribution is 6.08. The molecule has 4 atom stereocenters. The molecule has 2 aliphatic carbocycles. The Balaban J connectivity index is 1.61. The minimum Gasteiger partial charge on any atom is -0.274 e. The highest BCUT2D eigenvalue weighted by atomic mass is 19.1. The van der Waals surface area contributed by atoms with Crippen LogP contribution in [0.15, 0.2) is 27.9 Å². The Morgan fingerprint density at radius 3 is 2.29 bits per heavy atom. The number of hydrogen-bond acceptors (Lipinski definition) is 5. The number of imide groups is 1. The van der Waals surface area contributed by atoms with Crippen molar-refractivity contribution in [3.8, 4) is 0 Å². The zero-order chi connectivity index (χ0) is 17.2. The largest absolute Gasteiger partial charge is 0.335 e. The quantitative estimate of drug-likeness (QED) is 0.558. The van der Waals surface area contributed by atoms with Crippen molar-refractivity contribution in [1.29, 1.82) is 0 Å². The molecule has 2 fully saturated rings. The molecule has 0 radical (unpaired) electrons. The molecule has 2 amide bonds. The molecule has 1 aromatic rings. The lowest BCUT2D eigenvalue weighted by Crippen LogP contribution is -2.43. The molecule has 3 aliphatic rings. The van der Waals surface area contributed by atoms with Gasteiger partial charge in [0.2, 0.25) is 17.6 Å². The fourth-order valence-electron chi connectivity index (χ4n) is 3.96. The molecule has 9 heteroatoms. The maximum Gasteiger partial charge on any atom is 0.335 e. The zero-order valence-corrected chi connectivity index (χ0v) is 12.3. The molecule has 1 aromatic heterocycles. The van der Waals surface area contributed by atoms with E-state index in [-0.39, 0.29) is 11.8 Å². The highest BCUT2D eigenvalue weighted by Crippen LogP contribution is 2.52. The number of H-pyrrole nitrogens is 1. The highest BCUT2D eigenvalue weighted by Gasteiger charge is 2.59. The standard InChI is InChI=1S/C15H12FN3O5/c16-8-4-18(15(24)17-12(8)21)9(20)5-19-13(22)10-6-1-2-7(3-6)11(10)14(19)23/h1-2,4,6-7,10-11H,3,5H2,(H,17,21,24). The summed E-state index contributed by atoms with van der Waals surface area (Å²) in [6.45, 7) is -0.657. The molecule has 8 nitrogen and oxygen atoms in total. The van der Waals surface area contributed by atoms with E-state index < -0.39 is 53.2 Å². The summed E-state index contributed by atoms with van der Waals surface area (Å²) in [5.74, 6) is -4.04. The topological polar surface area (TPSA) is 109 Å². The number of rotatable bonds is 2. The van der Waals surface area contributed by atoms with E-state index in [1.54, 1.807) is 4.98 Å². The zero-order valence-electron chi connectivity index (χ0n) is 12.3. The molecule has 2 bridgehead atoms. The number of carbonyl (C=O) groups is 3. The third-order valence-electron chi connectivity index (χ3n) is 5.02. The van der Waals surface area contributed by atoms with Crippen LogP contribution in [0.5, 0.6) is 0 Å². The number of nitrogens with one attached hydrogen (secondary N) is 1. The molecule has 0 aromatic carbocycles. The molecule has 4 rings (SSSR count). The third-order valence-corrected chi connectivity index (χ3v) is 5.02. The van der Waals surface area contributed by atoms with E-state index in [0.717, 1.165) is 11.3 Å². The Morgan fingerprint density at radius 2 is 1.71 bits per heavy atom. The maximum atomic E-state index is 13.3. The predicted octanol–water partition coefficient (Wildman–Crippen LogP) is -0.877. The summed E-state index contributed by atoms with van der Waals surface area (Å²) in [5, 5.41) is 0. The molecule has 1 N–H and O–H groups in total. The summed E-state index contributed by atoms with van der Waals surface area (Å²) >= 11 is 0. The monoisotopic (exact) mass is 333 g/mol. The van der Waals surface area contributed by atoms with E-state index in [4.69, 9.17) is 0 Å². The Kier molecular flexibility index (Phi) is 2.96. The molecule has 124 valence electrons. The molecule has 0 spiro atoms. The van der Waals surface area contributed by atoms with Gasteiger partial charge in [-0.15, -0.1) is 0 Å². The summed E-state index contributed by atoms with van der Waals surface area (Å²) in [5.41, 5.74) is -2.36. The van der Waals surface area contributed by atoms with Crippen LogP contribution >= 0.6 is 0 Å². The van der Waals surface area contributed by atoms with Gasteiger partial charge in [-0.25, -0.2) is 9.36 Å². The summed E-state index contributed by atoms with van der Waals surface area (Å²) in [6.07, 6.45) is 5.06. The molecule has 1 aliphatic heterocycles. The van der Waals surface area contributed by atoms with Gasteiger partial charge < -0.3 is 0 Å². The molecule has 1 saturated carbocycles. The molecular weight excluding hydrogens is 321 g/mol. The predicted molar refractivity (Wildman–Crippen MR) is 76.3 cm³/mol. The van der Waals surface area contributed by atoms with Crippen LogP contribution in [0.25, 0.3) is 0 Å². The van der Waals surface area contributed by atoms with Gasteiger partial charge in [0.05, 0.1) is 18.0 Å². The van der Waals surface area contributed by atoms with Gasteiger partial charge in [-0.1, -0.05) is 12.2 Å². The van der Waals surface area contributed by atoms with Gasteiger partial charge in [0.15, 0.2) is 0 Å². The van der Waals surface area contributed by atoms with Crippen LogP contribution in [-0.4, -0.2) is 38.7 Å². The summed E-state index contributed by atoms with van der Waals surface area (Å²) < 4.78 is 13.6. The van der Waals surface area contributed by atoms with E-state index in [2.05, 4.69) is 0 Å². The van der Waals surface area contributed by atoms with Crippen molar-refractivity contribution >= 4 is 17.7 Å². The first-order chi connectivity index (χ1) is 11.4. The normalized spacial score (nSPS) is 30.3.